The Balaban J connectivity index is 1.39. The van der Waals surface area contributed by atoms with E-state index in [4.69, 9.17) is 14.8 Å². The number of piperidine rings is 1. The van der Waals surface area contributed by atoms with Crippen LogP contribution in [-0.4, -0.2) is 65.7 Å². The Hall–Kier alpha value is -3.46. The molecule has 37 heavy (non-hydrogen) atoms. The smallest absolute Gasteiger partial charge is 0.178 e. The normalized spacial score (nSPS) is 16.5. The van der Waals surface area contributed by atoms with Gasteiger partial charge in [0, 0.05) is 36.0 Å². The number of aromatic nitrogens is 7. The van der Waals surface area contributed by atoms with Gasteiger partial charge in [0.2, 0.25) is 0 Å². The van der Waals surface area contributed by atoms with Gasteiger partial charge in [0.15, 0.2) is 5.82 Å². The van der Waals surface area contributed by atoms with E-state index >= 15 is 0 Å². The quantitative estimate of drug-likeness (QED) is 0.392. The number of imidazole rings is 1. The maximum Gasteiger partial charge on any atom is 0.178 e. The molecule has 1 aromatic carbocycles. The van der Waals surface area contributed by atoms with Crippen LogP contribution < -0.4 is 4.74 Å². The van der Waals surface area contributed by atoms with E-state index in [1.807, 2.05) is 17.8 Å². The third-order valence-electron chi connectivity index (χ3n) is 7.64. The van der Waals surface area contributed by atoms with Gasteiger partial charge in [-0.3, -0.25) is 4.68 Å². The first-order chi connectivity index (χ1) is 17.9. The zero-order valence-corrected chi connectivity index (χ0v) is 22.5. The lowest BCUT2D eigenvalue weighted by atomic mass is 9.89. The van der Waals surface area contributed by atoms with E-state index in [1.54, 1.807) is 0 Å². The van der Waals surface area contributed by atoms with Crippen molar-refractivity contribution in [3.05, 3.63) is 42.1 Å². The highest BCUT2D eigenvalue weighted by molar-refractivity contribution is 5.76. The van der Waals surface area contributed by atoms with Gasteiger partial charge in [0.1, 0.15) is 29.7 Å². The molecule has 0 aliphatic carbocycles. The Bertz CT molecular complexity index is 1420. The van der Waals surface area contributed by atoms with Crippen molar-refractivity contribution in [2.45, 2.75) is 65.6 Å². The number of ether oxygens (including phenoxy) is 1. The summed E-state index contributed by atoms with van der Waals surface area (Å²) in [5, 5.41) is 9.35. The fraction of sp³-hybridized carbons (Fsp3) is 0.500. The topological polar surface area (TPSA) is 78.8 Å². The van der Waals surface area contributed by atoms with Crippen molar-refractivity contribution >= 4 is 0 Å². The van der Waals surface area contributed by atoms with Crippen LogP contribution in [0.15, 0.2) is 30.6 Å². The van der Waals surface area contributed by atoms with Crippen LogP contribution in [0.25, 0.3) is 34.0 Å². The van der Waals surface area contributed by atoms with Crippen LogP contribution in [0.3, 0.4) is 0 Å². The maximum absolute atomic E-state index is 6.27. The molecule has 4 aromatic rings. The van der Waals surface area contributed by atoms with Gasteiger partial charge in [-0.2, -0.15) is 10.2 Å². The number of rotatable bonds is 5. The van der Waals surface area contributed by atoms with Crippen molar-refractivity contribution in [2.24, 2.45) is 0 Å². The van der Waals surface area contributed by atoms with Crippen molar-refractivity contribution in [1.82, 2.24) is 39.0 Å². The number of aryl methyl sites for hydroxylation is 2. The van der Waals surface area contributed by atoms with Crippen LogP contribution in [0, 0.1) is 6.92 Å². The Morgan fingerprint density at radius 1 is 1.05 bits per heavy atom. The molecule has 9 heteroatoms. The summed E-state index contributed by atoms with van der Waals surface area (Å²) in [7, 11) is 2.21. The molecule has 2 aliphatic rings. The molecule has 194 valence electrons. The van der Waals surface area contributed by atoms with E-state index in [0.29, 0.717) is 12.5 Å². The number of hydrogen-bond acceptors (Lipinski definition) is 6. The van der Waals surface area contributed by atoms with Gasteiger partial charge in [0.05, 0.1) is 18.3 Å². The van der Waals surface area contributed by atoms with Crippen molar-refractivity contribution in [1.29, 1.82) is 0 Å². The van der Waals surface area contributed by atoms with Crippen molar-refractivity contribution in [3.8, 4) is 39.8 Å². The average Bonchev–Trinajstić information content (AvgIpc) is 3.59. The standard InChI is InChI=1S/C28H36N8O/c1-6-35-26(20-9-11-33(5)12-10-20)23(16-29-35)21-7-8-22-25(15-21)37-14-13-34-17-24(31-27(22)34)28-30-19(4)32-36(28)18(2)3/h7-8,15-18,20H,6,9-14H2,1-5H3. The number of hydrogen-bond donors (Lipinski definition) is 0. The van der Waals surface area contributed by atoms with E-state index in [-0.39, 0.29) is 6.04 Å². The van der Waals surface area contributed by atoms with Gasteiger partial charge in [0.25, 0.3) is 0 Å². The second kappa shape index (κ2) is 9.45. The first-order valence-electron chi connectivity index (χ1n) is 13.5. The monoisotopic (exact) mass is 500 g/mol. The van der Waals surface area contributed by atoms with Crippen molar-refractivity contribution in [2.75, 3.05) is 26.7 Å². The van der Waals surface area contributed by atoms with E-state index in [9.17, 15) is 0 Å². The summed E-state index contributed by atoms with van der Waals surface area (Å²) in [5.41, 5.74) is 5.58. The molecule has 9 nitrogen and oxygen atoms in total. The zero-order chi connectivity index (χ0) is 25.7. The van der Waals surface area contributed by atoms with E-state index in [1.165, 1.54) is 11.3 Å². The minimum absolute atomic E-state index is 0.207. The molecular formula is C28H36N8O. The average molecular weight is 501 g/mol. The minimum atomic E-state index is 0.207. The summed E-state index contributed by atoms with van der Waals surface area (Å²) in [6.07, 6.45) is 6.44. The highest BCUT2D eigenvalue weighted by Crippen LogP contribution is 2.40. The Kier molecular flexibility index (Phi) is 6.10. The number of benzene rings is 1. The summed E-state index contributed by atoms with van der Waals surface area (Å²) in [4.78, 5) is 12.1. The van der Waals surface area contributed by atoms with Crippen molar-refractivity contribution in [3.63, 3.8) is 0 Å². The SMILES string of the molecule is CCn1ncc(-c2ccc3c(c2)OCCn2cc(-c4nc(C)nn4C(C)C)nc2-3)c1C1CCN(C)CC1. The fourth-order valence-corrected chi connectivity index (χ4v) is 5.70. The molecule has 0 amide bonds. The Morgan fingerprint density at radius 2 is 1.86 bits per heavy atom. The molecule has 0 saturated carbocycles. The molecule has 1 saturated heterocycles. The van der Waals surface area contributed by atoms with Crippen LogP contribution in [0.2, 0.25) is 0 Å². The zero-order valence-electron chi connectivity index (χ0n) is 22.5. The lowest BCUT2D eigenvalue weighted by molar-refractivity contribution is 0.250. The lowest BCUT2D eigenvalue weighted by Crippen LogP contribution is -2.30. The highest BCUT2D eigenvalue weighted by atomic mass is 16.5. The summed E-state index contributed by atoms with van der Waals surface area (Å²) in [6.45, 7) is 12.8. The van der Waals surface area contributed by atoms with Crippen LogP contribution in [-0.2, 0) is 13.1 Å². The molecular weight excluding hydrogens is 464 g/mol. The molecule has 0 unspecified atom stereocenters. The molecule has 3 aromatic heterocycles. The third-order valence-corrected chi connectivity index (χ3v) is 7.64. The molecule has 0 radical (unpaired) electrons. The molecule has 1 fully saturated rings. The lowest BCUT2D eigenvalue weighted by Gasteiger charge is -2.30. The molecule has 5 heterocycles. The van der Waals surface area contributed by atoms with Crippen LogP contribution in [0.4, 0.5) is 0 Å². The highest BCUT2D eigenvalue weighted by Gasteiger charge is 2.27. The molecule has 6 rings (SSSR count). The Labute approximate surface area is 218 Å². The summed E-state index contributed by atoms with van der Waals surface area (Å²) in [6, 6.07) is 6.73. The van der Waals surface area contributed by atoms with E-state index < -0.39 is 0 Å². The Morgan fingerprint density at radius 3 is 2.62 bits per heavy atom. The summed E-state index contributed by atoms with van der Waals surface area (Å²) >= 11 is 0. The second-order valence-corrected chi connectivity index (χ2v) is 10.6. The van der Waals surface area contributed by atoms with Gasteiger partial charge in [-0.05, 0) is 78.4 Å². The van der Waals surface area contributed by atoms with Crippen LogP contribution in [0.1, 0.15) is 57.1 Å². The van der Waals surface area contributed by atoms with E-state index in [0.717, 1.165) is 79.1 Å². The predicted octanol–water partition coefficient (Wildman–Crippen LogP) is 4.78. The van der Waals surface area contributed by atoms with Crippen LogP contribution in [0.5, 0.6) is 5.75 Å². The summed E-state index contributed by atoms with van der Waals surface area (Å²) in [5.74, 6) is 3.87. The van der Waals surface area contributed by atoms with E-state index in [2.05, 4.69) is 76.4 Å². The van der Waals surface area contributed by atoms with Gasteiger partial charge < -0.3 is 14.2 Å². The van der Waals surface area contributed by atoms with Crippen LogP contribution >= 0.6 is 0 Å². The minimum Gasteiger partial charge on any atom is -0.491 e. The predicted molar refractivity (Wildman–Crippen MR) is 144 cm³/mol. The van der Waals surface area contributed by atoms with Crippen molar-refractivity contribution < 1.29 is 4.74 Å². The number of likely N-dealkylation sites (tertiary alicyclic amines) is 1. The molecule has 0 spiro atoms. The first-order valence-corrected chi connectivity index (χ1v) is 13.5. The molecule has 2 aliphatic heterocycles. The van der Waals surface area contributed by atoms with Gasteiger partial charge in [-0.15, -0.1) is 0 Å². The largest absolute Gasteiger partial charge is 0.491 e. The molecule has 0 atom stereocenters. The van der Waals surface area contributed by atoms with Gasteiger partial charge in [-0.1, -0.05) is 6.07 Å². The summed E-state index contributed by atoms with van der Waals surface area (Å²) < 4.78 is 12.6. The maximum atomic E-state index is 6.27. The third kappa shape index (κ3) is 4.25. The number of nitrogens with zero attached hydrogens (tertiary/aromatic N) is 8. The number of fused-ring (bicyclic) bond motifs is 3. The fourth-order valence-electron chi connectivity index (χ4n) is 5.70. The second-order valence-electron chi connectivity index (χ2n) is 10.6. The first kappa shape index (κ1) is 23.9. The van der Waals surface area contributed by atoms with Gasteiger partial charge in [-0.25, -0.2) is 14.6 Å². The van der Waals surface area contributed by atoms with Gasteiger partial charge >= 0.3 is 0 Å². The molecule has 0 N–H and O–H groups in total. The molecule has 0 bridgehead atoms.